The lowest BCUT2D eigenvalue weighted by Crippen LogP contribution is -2.36. The van der Waals surface area contributed by atoms with Crippen molar-refractivity contribution in [2.24, 2.45) is 0 Å². The molecule has 1 atom stereocenters. The van der Waals surface area contributed by atoms with Crippen LogP contribution < -0.4 is 5.32 Å². The molecule has 6 heteroatoms. The molecule has 0 saturated carbocycles. The molecule has 17 heavy (non-hydrogen) atoms. The fourth-order valence-corrected chi connectivity index (χ4v) is 1.28. The summed E-state index contributed by atoms with van der Waals surface area (Å²) in [7, 11) is 1.53. The molecule has 0 radical (unpaired) electrons. The van der Waals surface area contributed by atoms with Gasteiger partial charge in [-0.05, 0) is 19.1 Å². The van der Waals surface area contributed by atoms with Gasteiger partial charge in [0.2, 0.25) is 0 Å². The van der Waals surface area contributed by atoms with Crippen LogP contribution in [0.15, 0.2) is 18.3 Å². The highest BCUT2D eigenvalue weighted by atomic mass is 16.5. The lowest BCUT2D eigenvalue weighted by Gasteiger charge is -2.12. The Morgan fingerprint density at radius 2 is 2.29 bits per heavy atom. The topological polar surface area (TPSA) is 88.5 Å². The Bertz CT molecular complexity index is 420. The molecule has 6 nitrogen and oxygen atoms in total. The third kappa shape index (κ3) is 3.84. The molecule has 1 aromatic rings. The first-order chi connectivity index (χ1) is 8.04. The number of ether oxygens (including phenoxy) is 1. The maximum atomic E-state index is 11.7. The van der Waals surface area contributed by atoms with Crippen molar-refractivity contribution in [2.75, 3.05) is 13.7 Å². The predicted molar refractivity (Wildman–Crippen MR) is 60.0 cm³/mol. The van der Waals surface area contributed by atoms with Gasteiger partial charge in [0.1, 0.15) is 5.69 Å². The Morgan fingerprint density at radius 1 is 1.59 bits per heavy atom. The second-order valence-electron chi connectivity index (χ2n) is 3.56. The number of carboxylic acids is 1. The first-order valence-corrected chi connectivity index (χ1v) is 5.03. The number of carbonyl (C=O) groups is 2. The lowest BCUT2D eigenvalue weighted by molar-refractivity contribution is 0.0696. The van der Waals surface area contributed by atoms with E-state index in [0.717, 1.165) is 0 Å². The normalized spacial score (nSPS) is 11.9. The zero-order valence-corrected chi connectivity index (χ0v) is 9.64. The fraction of sp³-hybridized carbons (Fsp3) is 0.364. The number of aromatic carboxylic acids is 1. The van der Waals surface area contributed by atoms with E-state index in [0.29, 0.717) is 6.61 Å². The van der Waals surface area contributed by atoms with Crippen LogP contribution in [0.3, 0.4) is 0 Å². The summed E-state index contributed by atoms with van der Waals surface area (Å²) < 4.78 is 4.87. The Morgan fingerprint density at radius 3 is 2.88 bits per heavy atom. The third-order valence-electron chi connectivity index (χ3n) is 2.03. The summed E-state index contributed by atoms with van der Waals surface area (Å²) in [6, 6.07) is 2.40. The number of pyridine rings is 1. The Kier molecular flexibility index (Phi) is 4.59. The quantitative estimate of drug-likeness (QED) is 0.781. The van der Waals surface area contributed by atoms with Crippen molar-refractivity contribution in [1.29, 1.82) is 0 Å². The molecule has 0 unspecified atom stereocenters. The van der Waals surface area contributed by atoms with Gasteiger partial charge in [0, 0.05) is 19.3 Å². The molecule has 1 heterocycles. The van der Waals surface area contributed by atoms with E-state index in [1.807, 2.05) is 0 Å². The van der Waals surface area contributed by atoms with Gasteiger partial charge in [-0.15, -0.1) is 0 Å². The first-order valence-electron chi connectivity index (χ1n) is 5.03. The summed E-state index contributed by atoms with van der Waals surface area (Å²) in [5, 5.41) is 11.4. The van der Waals surface area contributed by atoms with Crippen molar-refractivity contribution < 1.29 is 19.4 Å². The van der Waals surface area contributed by atoms with Crippen LogP contribution in [0.2, 0.25) is 0 Å². The van der Waals surface area contributed by atoms with Crippen LogP contribution in [-0.4, -0.2) is 41.7 Å². The molecule has 0 bridgehead atoms. The van der Waals surface area contributed by atoms with Crippen LogP contribution in [-0.2, 0) is 4.74 Å². The van der Waals surface area contributed by atoms with Gasteiger partial charge in [0.05, 0.1) is 12.2 Å². The van der Waals surface area contributed by atoms with Crippen molar-refractivity contribution >= 4 is 11.9 Å². The number of amides is 1. The summed E-state index contributed by atoms with van der Waals surface area (Å²) in [5.74, 6) is -1.51. The van der Waals surface area contributed by atoms with E-state index in [-0.39, 0.29) is 17.3 Å². The number of methoxy groups -OCH3 is 1. The Labute approximate surface area is 98.6 Å². The van der Waals surface area contributed by atoms with Gasteiger partial charge in [0.25, 0.3) is 5.91 Å². The molecule has 2 N–H and O–H groups in total. The standard InChI is InChI=1S/C11H14N2O4/c1-7(6-17-2)13-10(14)9-5-8(11(15)16)3-4-12-9/h3-5,7H,6H2,1-2H3,(H,13,14)(H,15,16)/t7-/m1/s1. The molecule has 0 spiro atoms. The lowest BCUT2D eigenvalue weighted by atomic mass is 10.2. The first kappa shape index (κ1) is 13.1. The summed E-state index contributed by atoms with van der Waals surface area (Å²) >= 11 is 0. The van der Waals surface area contributed by atoms with Gasteiger partial charge in [-0.1, -0.05) is 0 Å². The Hall–Kier alpha value is -1.95. The van der Waals surface area contributed by atoms with E-state index < -0.39 is 11.9 Å². The summed E-state index contributed by atoms with van der Waals surface area (Å²) in [4.78, 5) is 26.2. The van der Waals surface area contributed by atoms with Crippen LogP contribution in [0.5, 0.6) is 0 Å². The summed E-state index contributed by atoms with van der Waals surface area (Å²) in [6.45, 7) is 2.16. The highest BCUT2D eigenvalue weighted by Gasteiger charge is 2.13. The number of hydrogen-bond donors (Lipinski definition) is 2. The zero-order chi connectivity index (χ0) is 12.8. The average molecular weight is 238 g/mol. The minimum Gasteiger partial charge on any atom is -0.478 e. The highest BCUT2D eigenvalue weighted by Crippen LogP contribution is 2.02. The van der Waals surface area contributed by atoms with E-state index in [1.165, 1.54) is 25.4 Å². The third-order valence-corrected chi connectivity index (χ3v) is 2.03. The second-order valence-corrected chi connectivity index (χ2v) is 3.56. The Balaban J connectivity index is 2.75. The molecular weight excluding hydrogens is 224 g/mol. The molecule has 1 rings (SSSR count). The van der Waals surface area contributed by atoms with E-state index in [2.05, 4.69) is 10.3 Å². The zero-order valence-electron chi connectivity index (χ0n) is 9.64. The van der Waals surface area contributed by atoms with Crippen LogP contribution in [0.4, 0.5) is 0 Å². The van der Waals surface area contributed by atoms with E-state index in [9.17, 15) is 9.59 Å². The highest BCUT2D eigenvalue weighted by molar-refractivity contribution is 5.95. The van der Waals surface area contributed by atoms with Crippen molar-refractivity contribution in [3.63, 3.8) is 0 Å². The number of aromatic nitrogens is 1. The van der Waals surface area contributed by atoms with Gasteiger partial charge >= 0.3 is 5.97 Å². The van der Waals surface area contributed by atoms with Crippen molar-refractivity contribution in [3.8, 4) is 0 Å². The maximum absolute atomic E-state index is 11.7. The van der Waals surface area contributed by atoms with E-state index in [1.54, 1.807) is 6.92 Å². The van der Waals surface area contributed by atoms with Crippen LogP contribution >= 0.6 is 0 Å². The number of hydrogen-bond acceptors (Lipinski definition) is 4. The largest absolute Gasteiger partial charge is 0.478 e. The van der Waals surface area contributed by atoms with Crippen LogP contribution in [0.25, 0.3) is 0 Å². The number of carboxylic acid groups (broad SMARTS) is 1. The molecule has 0 saturated heterocycles. The van der Waals surface area contributed by atoms with Gasteiger partial charge in [-0.2, -0.15) is 0 Å². The molecule has 1 amide bonds. The fourth-order valence-electron chi connectivity index (χ4n) is 1.28. The number of nitrogens with one attached hydrogen (secondary N) is 1. The summed E-state index contributed by atoms with van der Waals surface area (Å²) in [6.07, 6.45) is 1.29. The van der Waals surface area contributed by atoms with Gasteiger partial charge in [0.15, 0.2) is 0 Å². The predicted octanol–water partition coefficient (Wildman–Crippen LogP) is 0.544. The van der Waals surface area contributed by atoms with Gasteiger partial charge in [-0.25, -0.2) is 4.79 Å². The second kappa shape index (κ2) is 5.95. The van der Waals surface area contributed by atoms with Crippen LogP contribution in [0, 0.1) is 0 Å². The molecular formula is C11H14N2O4. The van der Waals surface area contributed by atoms with Gasteiger partial charge < -0.3 is 15.2 Å². The smallest absolute Gasteiger partial charge is 0.335 e. The molecule has 1 aromatic heterocycles. The minimum atomic E-state index is -1.09. The molecule has 0 fully saturated rings. The molecule has 0 aliphatic rings. The monoisotopic (exact) mass is 238 g/mol. The number of nitrogens with zero attached hydrogens (tertiary/aromatic N) is 1. The minimum absolute atomic E-state index is 0.0320. The average Bonchev–Trinajstić information content (AvgIpc) is 2.29. The summed E-state index contributed by atoms with van der Waals surface area (Å²) in [5.41, 5.74) is 0.109. The van der Waals surface area contributed by atoms with E-state index in [4.69, 9.17) is 9.84 Å². The molecule has 0 aliphatic carbocycles. The molecule has 0 aromatic carbocycles. The van der Waals surface area contributed by atoms with Gasteiger partial charge in [-0.3, -0.25) is 9.78 Å². The molecule has 0 aliphatic heterocycles. The number of carbonyl (C=O) groups excluding carboxylic acids is 1. The van der Waals surface area contributed by atoms with E-state index >= 15 is 0 Å². The molecule has 92 valence electrons. The van der Waals surface area contributed by atoms with Crippen molar-refractivity contribution in [3.05, 3.63) is 29.6 Å². The SMILES string of the molecule is COC[C@@H](C)NC(=O)c1cc(C(=O)O)ccn1. The van der Waals surface area contributed by atoms with Crippen molar-refractivity contribution in [2.45, 2.75) is 13.0 Å². The van der Waals surface area contributed by atoms with Crippen LogP contribution in [0.1, 0.15) is 27.8 Å². The number of rotatable bonds is 5. The van der Waals surface area contributed by atoms with Crippen molar-refractivity contribution in [1.82, 2.24) is 10.3 Å². The maximum Gasteiger partial charge on any atom is 0.335 e.